The molecule has 4 aromatic heterocycles. The van der Waals surface area contributed by atoms with Crippen LogP contribution in [-0.4, -0.2) is 39.0 Å². The van der Waals surface area contributed by atoms with Crippen molar-refractivity contribution in [3.63, 3.8) is 0 Å². The molecule has 0 saturated carbocycles. The van der Waals surface area contributed by atoms with Crippen LogP contribution < -0.4 is 0 Å². The molecule has 16 aromatic rings. The number of alkyl halides is 6. The number of halogens is 6. The Morgan fingerprint density at radius 3 is 1.01 bits per heavy atom. The predicted molar refractivity (Wildman–Crippen MR) is 416 cm³/mol. The quantitative estimate of drug-likeness (QED) is 0.0951. The van der Waals surface area contributed by atoms with Crippen LogP contribution in [0.4, 0.5) is 26.3 Å². The molecule has 0 bridgehead atoms. The lowest BCUT2D eigenvalue weighted by atomic mass is 9.72. The molecule has 0 atom stereocenters. The lowest BCUT2D eigenvalue weighted by molar-refractivity contribution is -0.137. The standard InChI is InChI=1S/C92H72F6N8/c1-88(2,3)61-40-45-69-70-46-41-63(54-81(70)106(80(69)53-61)65-44-48-72(74(56-65)67-35-21-24-38-77(67)92(96,97)98)87-103-84(59-30-16-10-17-31-59)100-85(104-87)60-32-18-11-19-33-60)90(6,7)51-50-89(4,5)62-42-49-79-75(52-62)68-36-22-25-39-78(68)105(79)64-43-47-71(73(55-64)66-34-20-23-37-76(66)91(93,94)95)86-101-82(57-26-12-8-13-27-57)99-83(102-86)58-28-14-9-15-29-58/h8-49,52-56H,50-51H2,1-7H3. The summed E-state index contributed by atoms with van der Waals surface area (Å²) in [6.07, 6.45) is -7.85. The topological polar surface area (TPSA) is 87.2 Å². The van der Waals surface area contributed by atoms with Crippen molar-refractivity contribution in [1.29, 1.82) is 0 Å². The van der Waals surface area contributed by atoms with Crippen molar-refractivity contribution in [2.75, 3.05) is 0 Å². The third-order valence-corrected chi connectivity index (χ3v) is 20.7. The monoisotopic (exact) mass is 1400 g/mol. The fraction of sp³-hybridized carbons (Fsp3) is 0.152. The Morgan fingerprint density at radius 2 is 0.585 bits per heavy atom. The van der Waals surface area contributed by atoms with Gasteiger partial charge < -0.3 is 9.13 Å². The van der Waals surface area contributed by atoms with E-state index in [1.165, 1.54) is 24.3 Å². The average molecular weight is 1400 g/mol. The zero-order valence-electron chi connectivity index (χ0n) is 59.4. The molecule has 0 N–H and O–H groups in total. The SMILES string of the molecule is CC(C)(C)c1ccc2c3ccc(C(C)(C)CCC(C)(C)c4ccc5c(c4)c4ccccc4n5-c4ccc(-c5nc(-c6ccccc6)nc(-c6ccccc6)n5)c(-c5ccccc5C(F)(F)F)c4)cc3n(-c3ccc(-c4nc(-c5ccccc5)nc(-c5ccccc5)n4)c(-c4ccccc4C(F)(F)F)c3)c2c1. The van der Waals surface area contributed by atoms with E-state index in [2.05, 4.69) is 118 Å². The number of benzene rings is 12. The van der Waals surface area contributed by atoms with Gasteiger partial charge in [-0.3, -0.25) is 0 Å². The Kier molecular flexibility index (Phi) is 17.1. The predicted octanol–water partition coefficient (Wildman–Crippen LogP) is 25.0. The van der Waals surface area contributed by atoms with Crippen molar-refractivity contribution in [1.82, 2.24) is 39.0 Å². The Balaban J connectivity index is 0.784. The van der Waals surface area contributed by atoms with Gasteiger partial charge in [-0.1, -0.05) is 255 Å². The smallest absolute Gasteiger partial charge is 0.309 e. The fourth-order valence-electron chi connectivity index (χ4n) is 14.7. The molecule has 0 aliphatic rings. The number of para-hydroxylation sites is 1. The highest BCUT2D eigenvalue weighted by molar-refractivity contribution is 6.11. The minimum atomic E-state index is -4.70. The summed E-state index contributed by atoms with van der Waals surface area (Å²) in [5.74, 6) is 1.99. The van der Waals surface area contributed by atoms with Crippen LogP contribution >= 0.6 is 0 Å². The Labute approximate surface area is 610 Å². The van der Waals surface area contributed by atoms with Gasteiger partial charge in [0, 0.05) is 66.3 Å². The normalized spacial score (nSPS) is 12.5. The molecule has 0 aliphatic heterocycles. The molecule has 4 heterocycles. The number of hydrogen-bond donors (Lipinski definition) is 0. The van der Waals surface area contributed by atoms with Crippen LogP contribution in [0.25, 0.3) is 146 Å². The van der Waals surface area contributed by atoms with Crippen LogP contribution in [0.15, 0.2) is 285 Å². The van der Waals surface area contributed by atoms with Crippen molar-refractivity contribution in [3.05, 3.63) is 313 Å². The maximum absolute atomic E-state index is 15.5. The molecule has 16 rings (SSSR count). The third-order valence-electron chi connectivity index (χ3n) is 20.7. The highest BCUT2D eigenvalue weighted by Crippen LogP contribution is 2.48. The number of aromatic nitrogens is 8. The second-order valence-electron chi connectivity index (χ2n) is 29.5. The summed E-state index contributed by atoms with van der Waals surface area (Å²) in [7, 11) is 0. The van der Waals surface area contributed by atoms with E-state index in [0.717, 1.165) is 108 Å². The lowest BCUT2D eigenvalue weighted by Gasteiger charge is -2.32. The van der Waals surface area contributed by atoms with Crippen molar-refractivity contribution >= 4 is 43.6 Å². The first-order valence-electron chi connectivity index (χ1n) is 35.4. The summed E-state index contributed by atoms with van der Waals surface area (Å²) in [5.41, 5.74) is 9.94. The minimum absolute atomic E-state index is 0.0112. The van der Waals surface area contributed by atoms with Crippen LogP contribution in [0, 0.1) is 0 Å². The molecule has 8 nitrogen and oxygen atoms in total. The van der Waals surface area contributed by atoms with Gasteiger partial charge in [-0.2, -0.15) is 26.3 Å². The van der Waals surface area contributed by atoms with E-state index in [1.807, 2.05) is 176 Å². The number of fused-ring (bicyclic) bond motifs is 6. The lowest BCUT2D eigenvalue weighted by Crippen LogP contribution is -2.24. The van der Waals surface area contributed by atoms with E-state index in [4.69, 9.17) is 29.9 Å². The molecule has 0 saturated heterocycles. The van der Waals surface area contributed by atoms with Crippen LogP contribution in [-0.2, 0) is 28.6 Å². The van der Waals surface area contributed by atoms with Crippen LogP contribution in [0.1, 0.15) is 89.1 Å². The third kappa shape index (κ3) is 12.9. The molecule has 0 amide bonds. The Morgan fingerprint density at radius 1 is 0.255 bits per heavy atom. The Bertz CT molecular complexity index is 5920. The van der Waals surface area contributed by atoms with Crippen LogP contribution in [0.2, 0.25) is 0 Å². The minimum Gasteiger partial charge on any atom is -0.309 e. The fourth-order valence-corrected chi connectivity index (χ4v) is 14.7. The molecular weight excluding hydrogens is 1330 g/mol. The molecule has 106 heavy (non-hydrogen) atoms. The number of nitrogens with zero attached hydrogens (tertiary/aromatic N) is 8. The largest absolute Gasteiger partial charge is 0.417 e. The van der Waals surface area contributed by atoms with Gasteiger partial charge in [0.1, 0.15) is 0 Å². The van der Waals surface area contributed by atoms with Gasteiger partial charge in [0.05, 0.1) is 33.2 Å². The average Bonchev–Trinajstić information content (AvgIpc) is 1.58. The van der Waals surface area contributed by atoms with E-state index in [0.29, 0.717) is 56.9 Å². The van der Waals surface area contributed by atoms with E-state index in [1.54, 1.807) is 12.1 Å². The maximum atomic E-state index is 15.5. The molecule has 14 heteroatoms. The summed E-state index contributed by atoms with van der Waals surface area (Å²) in [6, 6.07) is 88.5. The van der Waals surface area contributed by atoms with Gasteiger partial charge in [0.2, 0.25) is 0 Å². The number of hydrogen-bond acceptors (Lipinski definition) is 6. The second-order valence-corrected chi connectivity index (χ2v) is 29.5. The van der Waals surface area contributed by atoms with Gasteiger partial charge in [0.15, 0.2) is 34.9 Å². The molecular formula is C92H72F6N8. The summed E-state index contributed by atoms with van der Waals surface area (Å²) in [4.78, 5) is 29.9. The summed E-state index contributed by atoms with van der Waals surface area (Å²) in [6.45, 7) is 15.6. The van der Waals surface area contributed by atoms with Crippen molar-refractivity contribution in [2.45, 2.75) is 89.9 Å². The van der Waals surface area contributed by atoms with E-state index in [-0.39, 0.29) is 33.6 Å². The van der Waals surface area contributed by atoms with Gasteiger partial charge in [-0.15, -0.1) is 0 Å². The van der Waals surface area contributed by atoms with Crippen molar-refractivity contribution in [2.24, 2.45) is 0 Å². The van der Waals surface area contributed by atoms with Gasteiger partial charge in [-0.25, -0.2) is 29.9 Å². The molecule has 0 fully saturated rings. The van der Waals surface area contributed by atoms with Crippen LogP contribution in [0.3, 0.4) is 0 Å². The van der Waals surface area contributed by atoms with Gasteiger partial charge in [0.25, 0.3) is 0 Å². The molecule has 0 spiro atoms. The highest BCUT2D eigenvalue weighted by atomic mass is 19.4. The van der Waals surface area contributed by atoms with Gasteiger partial charge in [-0.05, 0) is 147 Å². The second kappa shape index (κ2) is 26.5. The first-order chi connectivity index (χ1) is 50.9. The van der Waals surface area contributed by atoms with Crippen molar-refractivity contribution in [3.8, 4) is 102 Å². The van der Waals surface area contributed by atoms with Crippen LogP contribution in [0.5, 0.6) is 0 Å². The first kappa shape index (κ1) is 68.3. The molecule has 522 valence electrons. The van der Waals surface area contributed by atoms with Gasteiger partial charge >= 0.3 is 12.4 Å². The summed E-state index contributed by atoms with van der Waals surface area (Å²) >= 11 is 0. The molecule has 12 aromatic carbocycles. The molecule has 0 unspecified atom stereocenters. The zero-order valence-corrected chi connectivity index (χ0v) is 59.4. The van der Waals surface area contributed by atoms with Crippen molar-refractivity contribution < 1.29 is 26.3 Å². The summed E-state index contributed by atoms with van der Waals surface area (Å²) in [5, 5.41) is 3.98. The highest BCUT2D eigenvalue weighted by Gasteiger charge is 2.37. The summed E-state index contributed by atoms with van der Waals surface area (Å²) < 4.78 is 96.8. The Hall–Kier alpha value is -12.2. The van der Waals surface area contributed by atoms with E-state index >= 15 is 26.3 Å². The first-order valence-corrected chi connectivity index (χ1v) is 35.4. The molecule has 0 radical (unpaired) electrons. The zero-order chi connectivity index (χ0) is 73.4. The maximum Gasteiger partial charge on any atom is 0.417 e. The van der Waals surface area contributed by atoms with E-state index < -0.39 is 28.9 Å². The molecule has 0 aliphatic carbocycles. The van der Waals surface area contributed by atoms with E-state index in [9.17, 15) is 0 Å². The number of rotatable bonds is 15.